The molecule has 0 unspecified atom stereocenters. The average Bonchev–Trinajstić information content (AvgIpc) is 2.94. The van der Waals surface area contributed by atoms with Gasteiger partial charge in [-0.15, -0.1) is 0 Å². The Kier molecular flexibility index (Phi) is 6.28. The summed E-state index contributed by atoms with van der Waals surface area (Å²) in [6.07, 6.45) is 4.76. The van der Waals surface area contributed by atoms with Gasteiger partial charge in [0.25, 0.3) is 0 Å². The van der Waals surface area contributed by atoms with Crippen molar-refractivity contribution >= 4 is 22.4 Å². The predicted molar refractivity (Wildman–Crippen MR) is 146 cm³/mol. The average molecular weight is 492 g/mol. The number of fused-ring (bicyclic) bond motifs is 2. The molecule has 2 aliphatic carbocycles. The van der Waals surface area contributed by atoms with Crippen LogP contribution in [0, 0.1) is 0 Å². The Balaban J connectivity index is 1.60. The minimum atomic E-state index is -0.226. The van der Waals surface area contributed by atoms with Gasteiger partial charge in [0.1, 0.15) is 5.69 Å². The maximum Gasteiger partial charge on any atom is 0.237 e. The highest BCUT2D eigenvalue weighted by atomic mass is 16.5. The molecule has 0 atom stereocenters. The third-order valence-corrected chi connectivity index (χ3v) is 6.93. The predicted octanol–water partition coefficient (Wildman–Crippen LogP) is 5.48. The van der Waals surface area contributed by atoms with Crippen LogP contribution in [-0.2, 0) is 0 Å². The number of rotatable bonds is 5. The lowest BCUT2D eigenvalue weighted by molar-refractivity contribution is 0.123. The van der Waals surface area contributed by atoms with Gasteiger partial charge in [-0.25, -0.2) is 9.97 Å². The maximum atomic E-state index is 10.0. The molecule has 186 valence electrons. The van der Waals surface area contributed by atoms with Gasteiger partial charge in [-0.05, 0) is 74.2 Å². The van der Waals surface area contributed by atoms with E-state index >= 15 is 0 Å². The van der Waals surface area contributed by atoms with Crippen LogP contribution in [0.25, 0.3) is 28.1 Å². The Morgan fingerprint density at radius 3 is 2.51 bits per heavy atom. The largest absolute Gasteiger partial charge is 0.480 e. The lowest BCUT2D eigenvalue weighted by atomic mass is 9.93. The smallest absolute Gasteiger partial charge is 0.237 e. The fraction of sp³-hybridized carbons (Fsp3) is 0.233. The number of methoxy groups -OCH3 is 1. The molecule has 0 saturated heterocycles. The van der Waals surface area contributed by atoms with Crippen molar-refractivity contribution in [3.05, 3.63) is 90.4 Å². The summed E-state index contributed by atoms with van der Waals surface area (Å²) >= 11 is 0. The zero-order chi connectivity index (χ0) is 25.2. The van der Waals surface area contributed by atoms with E-state index in [9.17, 15) is 5.11 Å². The van der Waals surface area contributed by atoms with Crippen LogP contribution in [0.5, 0.6) is 5.88 Å². The van der Waals surface area contributed by atoms with Crippen molar-refractivity contribution in [2.45, 2.75) is 37.8 Å². The van der Waals surface area contributed by atoms with Gasteiger partial charge < -0.3 is 19.7 Å². The Bertz CT molecular complexity index is 1570. The van der Waals surface area contributed by atoms with Gasteiger partial charge >= 0.3 is 0 Å². The fourth-order valence-corrected chi connectivity index (χ4v) is 5.08. The molecule has 0 spiro atoms. The number of para-hydroxylation sites is 3. The summed E-state index contributed by atoms with van der Waals surface area (Å²) in [5.41, 5.74) is 6.43. The number of pyridine rings is 1. The molecule has 0 amide bonds. The molecular formula is C30H29N5O2. The first-order valence-corrected chi connectivity index (χ1v) is 12.7. The summed E-state index contributed by atoms with van der Waals surface area (Å²) in [7, 11) is 1.61. The second-order valence-corrected chi connectivity index (χ2v) is 9.41. The van der Waals surface area contributed by atoms with Crippen LogP contribution in [0.1, 0.15) is 25.7 Å². The number of hydrogen-bond acceptors (Lipinski definition) is 6. The van der Waals surface area contributed by atoms with E-state index in [0.29, 0.717) is 5.88 Å². The van der Waals surface area contributed by atoms with Gasteiger partial charge in [-0.1, -0.05) is 30.3 Å². The van der Waals surface area contributed by atoms with Crippen molar-refractivity contribution in [1.82, 2.24) is 14.5 Å². The van der Waals surface area contributed by atoms with Gasteiger partial charge in [0.05, 0.1) is 52.7 Å². The number of aliphatic hydroxyl groups excluding tert-OH is 1. The molecule has 1 aliphatic heterocycles. The van der Waals surface area contributed by atoms with Crippen LogP contribution in [0.15, 0.2) is 90.1 Å². The number of ether oxygens (including phenoxy) is 1. The Morgan fingerprint density at radius 1 is 0.919 bits per heavy atom. The first-order chi connectivity index (χ1) is 18.2. The van der Waals surface area contributed by atoms with Crippen LogP contribution >= 0.6 is 0 Å². The second-order valence-electron chi connectivity index (χ2n) is 9.41. The summed E-state index contributed by atoms with van der Waals surface area (Å²) in [6.45, 7) is 0. The van der Waals surface area contributed by atoms with E-state index < -0.39 is 0 Å². The standard InChI is InChI=1S/C30H29N5O2/c1-37-30-24(11-7-17-31-30)34-25-18-27-29(19-26(25)32-20-13-15-22(36)16-14-20)35(21-8-3-2-4-9-21)28-12-6-5-10-23(28)33-27/h2-12,17-20,22,34,36H,13-16H2,1H3/b32-26+. The van der Waals surface area contributed by atoms with E-state index in [-0.39, 0.29) is 12.1 Å². The van der Waals surface area contributed by atoms with Gasteiger partial charge in [0.2, 0.25) is 5.88 Å². The van der Waals surface area contributed by atoms with Crippen molar-refractivity contribution < 1.29 is 9.84 Å². The SMILES string of the molecule is COc1ncccc1Nc1cc2nc3ccccc3n(-c3ccccc3)c-2c/c1=N\C1CCC(O)CC1. The quantitative estimate of drug-likeness (QED) is 0.318. The van der Waals surface area contributed by atoms with E-state index in [0.717, 1.165) is 70.5 Å². The van der Waals surface area contributed by atoms with E-state index in [1.54, 1.807) is 13.3 Å². The molecule has 1 aromatic heterocycles. The summed E-state index contributed by atoms with van der Waals surface area (Å²) in [5, 5.41) is 14.4. The molecule has 2 heterocycles. The van der Waals surface area contributed by atoms with Crippen molar-refractivity contribution in [3.63, 3.8) is 0 Å². The lowest BCUT2D eigenvalue weighted by Crippen LogP contribution is -2.24. The van der Waals surface area contributed by atoms with Gasteiger partial charge in [-0.2, -0.15) is 0 Å². The first kappa shape index (κ1) is 23.2. The molecule has 7 heteroatoms. The number of aliphatic hydroxyl groups is 1. The van der Waals surface area contributed by atoms with E-state index in [1.807, 2.05) is 48.5 Å². The summed E-state index contributed by atoms with van der Waals surface area (Å²) in [5.74, 6) is 0.514. The van der Waals surface area contributed by atoms with E-state index in [2.05, 4.69) is 45.2 Å². The van der Waals surface area contributed by atoms with Crippen molar-refractivity contribution in [3.8, 4) is 23.0 Å². The van der Waals surface area contributed by atoms with Crippen LogP contribution in [0.4, 0.5) is 11.4 Å². The number of anilines is 2. The minimum absolute atomic E-state index is 0.149. The highest BCUT2D eigenvalue weighted by Crippen LogP contribution is 2.32. The summed E-state index contributed by atoms with van der Waals surface area (Å²) in [6, 6.07) is 26.7. The van der Waals surface area contributed by atoms with Crippen molar-refractivity contribution in [2.75, 3.05) is 12.4 Å². The van der Waals surface area contributed by atoms with Crippen LogP contribution in [-0.4, -0.2) is 38.9 Å². The zero-order valence-corrected chi connectivity index (χ0v) is 20.7. The van der Waals surface area contributed by atoms with Crippen molar-refractivity contribution in [1.29, 1.82) is 0 Å². The van der Waals surface area contributed by atoms with Gasteiger partial charge in [-0.3, -0.25) is 4.99 Å². The number of aromatic nitrogens is 3. The van der Waals surface area contributed by atoms with Crippen molar-refractivity contribution in [2.24, 2.45) is 4.99 Å². The molecule has 2 N–H and O–H groups in total. The van der Waals surface area contributed by atoms with Crippen LogP contribution < -0.4 is 15.4 Å². The summed E-state index contributed by atoms with van der Waals surface area (Å²) < 4.78 is 7.74. The van der Waals surface area contributed by atoms with Crippen LogP contribution in [0.2, 0.25) is 0 Å². The van der Waals surface area contributed by atoms with Crippen LogP contribution in [0.3, 0.4) is 0 Å². The van der Waals surface area contributed by atoms with Gasteiger partial charge in [0, 0.05) is 11.9 Å². The molecule has 3 aliphatic rings. The fourth-order valence-electron chi connectivity index (χ4n) is 5.08. The Labute approximate surface area is 215 Å². The molecule has 1 fully saturated rings. The molecule has 3 aromatic rings. The number of benzene rings is 3. The molecule has 7 nitrogen and oxygen atoms in total. The normalized spacial score (nSPS) is 18.3. The molecule has 37 heavy (non-hydrogen) atoms. The molecule has 2 aromatic carbocycles. The lowest BCUT2D eigenvalue weighted by Gasteiger charge is -2.23. The third-order valence-electron chi connectivity index (χ3n) is 6.93. The van der Waals surface area contributed by atoms with Gasteiger partial charge in [0.15, 0.2) is 0 Å². The molecular weight excluding hydrogens is 462 g/mol. The monoisotopic (exact) mass is 491 g/mol. The second kappa shape index (κ2) is 10.0. The highest BCUT2D eigenvalue weighted by Gasteiger charge is 2.21. The van der Waals surface area contributed by atoms with E-state index in [1.165, 1.54) is 0 Å². The maximum absolute atomic E-state index is 10.0. The minimum Gasteiger partial charge on any atom is -0.480 e. The topological polar surface area (TPSA) is 84.6 Å². The summed E-state index contributed by atoms with van der Waals surface area (Å²) in [4.78, 5) is 14.6. The first-order valence-electron chi connectivity index (χ1n) is 12.7. The molecule has 6 rings (SSSR count). The molecule has 0 bridgehead atoms. The number of nitrogens with zero attached hydrogens (tertiary/aromatic N) is 4. The third kappa shape index (κ3) is 4.66. The zero-order valence-electron chi connectivity index (χ0n) is 20.7. The van der Waals surface area contributed by atoms with E-state index in [4.69, 9.17) is 14.7 Å². The molecule has 0 radical (unpaired) electrons. The number of hydrogen-bond donors (Lipinski definition) is 2. The number of nitrogens with one attached hydrogen (secondary N) is 1. The molecule has 1 saturated carbocycles. The Morgan fingerprint density at radius 2 is 1.70 bits per heavy atom. The highest BCUT2D eigenvalue weighted by molar-refractivity contribution is 5.84. The Hall–Kier alpha value is -4.23.